The molecule has 2 aliphatic carbocycles. The Kier molecular flexibility index (Phi) is 0.697. The van der Waals surface area contributed by atoms with Crippen molar-refractivity contribution in [3.05, 3.63) is 6.42 Å². The summed E-state index contributed by atoms with van der Waals surface area (Å²) < 4.78 is 0. The van der Waals surface area contributed by atoms with Crippen molar-refractivity contribution in [2.45, 2.75) is 25.7 Å². The summed E-state index contributed by atoms with van der Waals surface area (Å²) >= 11 is 0. The van der Waals surface area contributed by atoms with Crippen LogP contribution in [-0.4, -0.2) is 0 Å². The van der Waals surface area contributed by atoms with Gasteiger partial charge < -0.3 is 0 Å². The van der Waals surface area contributed by atoms with E-state index in [1.54, 1.807) is 0 Å². The van der Waals surface area contributed by atoms with Gasteiger partial charge in [0, 0.05) is 0 Å². The molecule has 1 unspecified atom stereocenters. The molecule has 2 rings (SSSR count). The highest BCUT2D eigenvalue weighted by Gasteiger charge is 2.30. The van der Waals surface area contributed by atoms with Gasteiger partial charge in [-0.3, -0.25) is 0 Å². The van der Waals surface area contributed by atoms with E-state index in [1.807, 2.05) is 0 Å². The maximum Gasteiger partial charge on any atom is -0.0352 e. The normalized spacial score (nSPS) is 48.0. The summed E-state index contributed by atoms with van der Waals surface area (Å²) in [6.07, 6.45) is 8.50. The Labute approximate surface area is 44.9 Å². The van der Waals surface area contributed by atoms with Crippen LogP contribution in [-0.2, 0) is 0 Å². The third kappa shape index (κ3) is 0.490. The van der Waals surface area contributed by atoms with Crippen molar-refractivity contribution >= 4 is 0 Å². The smallest absolute Gasteiger partial charge is 0.0352 e. The molecule has 0 saturated heterocycles. The number of fused-ring (bicyclic) bond motifs is 2. The molecular weight excluding hydrogens is 84.1 g/mol. The Morgan fingerprint density at radius 1 is 1.29 bits per heavy atom. The summed E-state index contributed by atoms with van der Waals surface area (Å²) in [6.45, 7) is 0. The SMILES string of the molecule is [CH]1CC2CC[C@H]1C2. The van der Waals surface area contributed by atoms with Crippen LogP contribution in [0.5, 0.6) is 0 Å². The summed E-state index contributed by atoms with van der Waals surface area (Å²) in [4.78, 5) is 0. The molecule has 0 aromatic carbocycles. The van der Waals surface area contributed by atoms with Gasteiger partial charge in [0.1, 0.15) is 0 Å². The first-order valence-corrected chi connectivity index (χ1v) is 3.28. The van der Waals surface area contributed by atoms with Gasteiger partial charge in [0.25, 0.3) is 0 Å². The van der Waals surface area contributed by atoms with Crippen LogP contribution in [0.15, 0.2) is 0 Å². The molecule has 1 radical (unpaired) electrons. The topological polar surface area (TPSA) is 0 Å². The highest BCUT2D eigenvalue weighted by Crippen LogP contribution is 2.43. The first kappa shape index (κ1) is 3.94. The molecule has 0 spiro atoms. The van der Waals surface area contributed by atoms with E-state index in [2.05, 4.69) is 6.42 Å². The molecule has 2 fully saturated rings. The van der Waals surface area contributed by atoms with Crippen LogP contribution < -0.4 is 0 Å². The molecule has 0 nitrogen and oxygen atoms in total. The molecule has 2 atom stereocenters. The van der Waals surface area contributed by atoms with E-state index in [0.717, 1.165) is 11.8 Å². The molecule has 39 valence electrons. The van der Waals surface area contributed by atoms with Crippen molar-refractivity contribution in [2.75, 3.05) is 0 Å². The van der Waals surface area contributed by atoms with E-state index in [9.17, 15) is 0 Å². The third-order valence-electron chi connectivity index (χ3n) is 2.38. The highest BCUT2D eigenvalue weighted by atomic mass is 14.4. The predicted molar refractivity (Wildman–Crippen MR) is 29.7 cm³/mol. The van der Waals surface area contributed by atoms with E-state index in [4.69, 9.17) is 0 Å². The van der Waals surface area contributed by atoms with E-state index < -0.39 is 0 Å². The average molecular weight is 95.2 g/mol. The quantitative estimate of drug-likeness (QED) is 0.431. The van der Waals surface area contributed by atoms with Gasteiger partial charge in [0.15, 0.2) is 0 Å². The van der Waals surface area contributed by atoms with Crippen molar-refractivity contribution in [1.82, 2.24) is 0 Å². The maximum absolute atomic E-state index is 2.51. The van der Waals surface area contributed by atoms with Crippen LogP contribution >= 0.6 is 0 Å². The molecule has 0 heterocycles. The van der Waals surface area contributed by atoms with Gasteiger partial charge >= 0.3 is 0 Å². The minimum atomic E-state index is 1.05. The molecule has 0 aromatic rings. The van der Waals surface area contributed by atoms with Crippen LogP contribution in [0.25, 0.3) is 0 Å². The van der Waals surface area contributed by atoms with Gasteiger partial charge in [-0.1, -0.05) is 6.42 Å². The summed E-state index contributed by atoms with van der Waals surface area (Å²) in [6, 6.07) is 0. The van der Waals surface area contributed by atoms with Crippen molar-refractivity contribution < 1.29 is 0 Å². The van der Waals surface area contributed by atoms with Gasteiger partial charge in [-0.15, -0.1) is 0 Å². The fraction of sp³-hybridized carbons (Fsp3) is 0.857. The first-order valence-electron chi connectivity index (χ1n) is 3.28. The van der Waals surface area contributed by atoms with Crippen molar-refractivity contribution in [1.29, 1.82) is 0 Å². The second-order valence-corrected chi connectivity index (χ2v) is 2.91. The number of hydrogen-bond donors (Lipinski definition) is 0. The zero-order chi connectivity index (χ0) is 4.69. The maximum atomic E-state index is 2.51. The Bertz CT molecular complexity index is 58.1. The summed E-state index contributed by atoms with van der Waals surface area (Å²) in [5.41, 5.74) is 0. The van der Waals surface area contributed by atoms with Gasteiger partial charge in [0.05, 0.1) is 0 Å². The largest absolute Gasteiger partial charge is 0.0502 e. The molecule has 0 aliphatic heterocycles. The van der Waals surface area contributed by atoms with Gasteiger partial charge in [0.2, 0.25) is 0 Å². The monoisotopic (exact) mass is 95.1 g/mol. The Morgan fingerprint density at radius 3 is 2.43 bits per heavy atom. The van der Waals surface area contributed by atoms with Gasteiger partial charge in [-0.05, 0) is 37.5 Å². The molecule has 0 N–H and O–H groups in total. The van der Waals surface area contributed by atoms with E-state index in [1.165, 1.54) is 25.7 Å². The Hall–Kier alpha value is 0. The summed E-state index contributed by atoms with van der Waals surface area (Å²) in [7, 11) is 0. The molecule has 0 heteroatoms. The number of rotatable bonds is 0. The number of hydrogen-bond acceptors (Lipinski definition) is 0. The molecule has 2 aliphatic rings. The Morgan fingerprint density at radius 2 is 2.29 bits per heavy atom. The zero-order valence-electron chi connectivity index (χ0n) is 4.56. The molecule has 2 saturated carbocycles. The lowest BCUT2D eigenvalue weighted by Gasteiger charge is -2.04. The Balaban J connectivity index is 2.12. The van der Waals surface area contributed by atoms with Crippen LogP contribution in [0.2, 0.25) is 0 Å². The van der Waals surface area contributed by atoms with E-state index in [0.29, 0.717) is 0 Å². The molecular formula is C7H11. The second kappa shape index (κ2) is 1.24. The fourth-order valence-electron chi connectivity index (χ4n) is 1.93. The molecule has 0 amide bonds. The lowest BCUT2D eigenvalue weighted by molar-refractivity contribution is 0.557. The lowest BCUT2D eigenvalue weighted by Crippen LogP contribution is -1.92. The van der Waals surface area contributed by atoms with Crippen LogP contribution in [0, 0.1) is 18.3 Å². The minimum Gasteiger partial charge on any atom is -0.0502 e. The average Bonchev–Trinajstić information content (AvgIpc) is 2.22. The molecule has 7 heavy (non-hydrogen) atoms. The highest BCUT2D eigenvalue weighted by molar-refractivity contribution is 4.94. The van der Waals surface area contributed by atoms with E-state index in [-0.39, 0.29) is 0 Å². The minimum absolute atomic E-state index is 1.05. The van der Waals surface area contributed by atoms with Gasteiger partial charge in [-0.2, -0.15) is 0 Å². The predicted octanol–water partition coefficient (Wildman–Crippen LogP) is 2.01. The summed E-state index contributed by atoms with van der Waals surface area (Å²) in [5, 5.41) is 0. The van der Waals surface area contributed by atoms with Crippen molar-refractivity contribution in [3.8, 4) is 0 Å². The van der Waals surface area contributed by atoms with Crippen molar-refractivity contribution in [3.63, 3.8) is 0 Å². The van der Waals surface area contributed by atoms with Crippen LogP contribution in [0.4, 0.5) is 0 Å². The zero-order valence-corrected chi connectivity index (χ0v) is 4.56. The molecule has 2 bridgehead atoms. The first-order chi connectivity index (χ1) is 3.45. The fourth-order valence-corrected chi connectivity index (χ4v) is 1.93. The summed E-state index contributed by atoms with van der Waals surface area (Å²) in [5.74, 6) is 2.16. The lowest BCUT2D eigenvalue weighted by atomic mass is 10.0. The standard InChI is InChI=1S/C7H11/c1-2-7-4-3-6(1)5-7/h1,6-7H,2-5H2/t6-,7?/m0/s1. The van der Waals surface area contributed by atoms with Crippen LogP contribution in [0.3, 0.4) is 0 Å². The second-order valence-electron chi connectivity index (χ2n) is 2.91. The van der Waals surface area contributed by atoms with Crippen molar-refractivity contribution in [2.24, 2.45) is 11.8 Å². The van der Waals surface area contributed by atoms with Gasteiger partial charge in [-0.25, -0.2) is 0 Å². The van der Waals surface area contributed by atoms with E-state index >= 15 is 0 Å². The van der Waals surface area contributed by atoms with Crippen LogP contribution in [0.1, 0.15) is 25.7 Å². The third-order valence-corrected chi connectivity index (χ3v) is 2.38. The molecule has 0 aromatic heterocycles.